The normalized spacial score (nSPS) is 36.8. The van der Waals surface area contributed by atoms with Crippen LogP contribution in [0.15, 0.2) is 24.3 Å². The fraction of sp³-hybridized carbons (Fsp3) is 0.571. The van der Waals surface area contributed by atoms with Gasteiger partial charge < -0.3 is 10.4 Å². The highest BCUT2D eigenvalue weighted by molar-refractivity contribution is 6.30. The van der Waals surface area contributed by atoms with Gasteiger partial charge in [-0.3, -0.25) is 0 Å². The zero-order chi connectivity index (χ0) is 11.9. The van der Waals surface area contributed by atoms with Gasteiger partial charge in [0, 0.05) is 17.0 Å². The monoisotopic (exact) mass is 251 g/mol. The van der Waals surface area contributed by atoms with Crippen LogP contribution in [0.2, 0.25) is 5.02 Å². The summed E-state index contributed by atoms with van der Waals surface area (Å²) in [7, 11) is 0. The number of benzene rings is 1. The van der Waals surface area contributed by atoms with Crippen molar-refractivity contribution in [3.05, 3.63) is 34.9 Å². The van der Waals surface area contributed by atoms with Crippen LogP contribution in [0.4, 0.5) is 0 Å². The van der Waals surface area contributed by atoms with Gasteiger partial charge in [0.2, 0.25) is 0 Å². The van der Waals surface area contributed by atoms with Gasteiger partial charge in [0.1, 0.15) is 0 Å². The lowest BCUT2D eigenvalue weighted by Gasteiger charge is -2.42. The first kappa shape index (κ1) is 11.5. The summed E-state index contributed by atoms with van der Waals surface area (Å²) in [5.41, 5.74) is 0.372. The van der Waals surface area contributed by atoms with E-state index in [1.807, 2.05) is 24.3 Å². The fourth-order valence-electron chi connectivity index (χ4n) is 3.52. The van der Waals surface area contributed by atoms with Crippen LogP contribution < -0.4 is 5.32 Å². The number of nitrogens with one attached hydrogen (secondary N) is 1. The summed E-state index contributed by atoms with van der Waals surface area (Å²) >= 11 is 5.91. The quantitative estimate of drug-likeness (QED) is 0.805. The van der Waals surface area contributed by atoms with Crippen LogP contribution in [-0.2, 0) is 5.60 Å². The molecule has 1 aromatic carbocycles. The van der Waals surface area contributed by atoms with Crippen LogP contribution in [0.25, 0.3) is 0 Å². The summed E-state index contributed by atoms with van der Waals surface area (Å²) < 4.78 is 0. The smallest absolute Gasteiger partial charge is 0.0939 e. The van der Waals surface area contributed by atoms with Gasteiger partial charge in [-0.1, -0.05) is 23.7 Å². The molecule has 3 atom stereocenters. The summed E-state index contributed by atoms with van der Waals surface area (Å²) in [5, 5.41) is 15.3. The number of rotatable bonds is 1. The fourth-order valence-corrected chi connectivity index (χ4v) is 3.64. The summed E-state index contributed by atoms with van der Waals surface area (Å²) in [6, 6.07) is 8.19. The lowest BCUT2D eigenvalue weighted by molar-refractivity contribution is -0.0569. The van der Waals surface area contributed by atoms with E-state index in [2.05, 4.69) is 5.32 Å². The zero-order valence-corrected chi connectivity index (χ0v) is 10.6. The maximum absolute atomic E-state index is 11.0. The van der Waals surface area contributed by atoms with Crippen molar-refractivity contribution in [2.24, 2.45) is 5.92 Å². The third-order valence-corrected chi connectivity index (χ3v) is 4.63. The Morgan fingerprint density at radius 1 is 1.24 bits per heavy atom. The van der Waals surface area contributed by atoms with Crippen LogP contribution >= 0.6 is 11.6 Å². The Kier molecular flexibility index (Phi) is 2.89. The highest BCUT2D eigenvalue weighted by Gasteiger charge is 2.47. The van der Waals surface area contributed by atoms with Crippen molar-refractivity contribution in [1.29, 1.82) is 0 Å². The second-order valence-electron chi connectivity index (χ2n) is 5.28. The Labute approximate surface area is 107 Å². The Balaban J connectivity index is 1.95. The van der Waals surface area contributed by atoms with Gasteiger partial charge in [-0.15, -0.1) is 0 Å². The third-order valence-electron chi connectivity index (χ3n) is 4.38. The second kappa shape index (κ2) is 4.27. The molecule has 3 rings (SSSR count). The second-order valence-corrected chi connectivity index (χ2v) is 5.72. The number of halogens is 1. The minimum absolute atomic E-state index is 0.359. The standard InChI is InChI=1S/C14H18ClNO/c15-11-5-3-10(4-6-11)14(17)8-1-2-13-12(14)7-9-16-13/h3-6,12-13,16-17H,1-2,7-9H2. The van der Waals surface area contributed by atoms with Crippen molar-refractivity contribution < 1.29 is 5.11 Å². The van der Waals surface area contributed by atoms with E-state index < -0.39 is 5.60 Å². The number of hydrogen-bond donors (Lipinski definition) is 2. The summed E-state index contributed by atoms with van der Waals surface area (Å²) in [4.78, 5) is 0. The lowest BCUT2D eigenvalue weighted by atomic mass is 9.69. The van der Waals surface area contributed by atoms with E-state index >= 15 is 0 Å². The van der Waals surface area contributed by atoms with Gasteiger partial charge in [-0.25, -0.2) is 0 Å². The molecule has 3 unspecified atom stereocenters. The van der Waals surface area contributed by atoms with Crippen molar-refractivity contribution in [3.8, 4) is 0 Å². The Bertz CT molecular complexity index is 405. The van der Waals surface area contributed by atoms with Crippen LogP contribution in [0.3, 0.4) is 0 Å². The third kappa shape index (κ3) is 1.88. The molecule has 2 aliphatic rings. The van der Waals surface area contributed by atoms with E-state index in [0.29, 0.717) is 12.0 Å². The average molecular weight is 252 g/mol. The molecule has 1 aromatic rings. The van der Waals surface area contributed by atoms with E-state index in [9.17, 15) is 5.11 Å². The maximum Gasteiger partial charge on any atom is 0.0939 e. The minimum Gasteiger partial charge on any atom is -0.385 e. The Morgan fingerprint density at radius 2 is 2.00 bits per heavy atom. The van der Waals surface area contributed by atoms with E-state index in [0.717, 1.165) is 36.4 Å². The molecule has 0 amide bonds. The van der Waals surface area contributed by atoms with Crippen LogP contribution in [0.1, 0.15) is 31.2 Å². The van der Waals surface area contributed by atoms with Gasteiger partial charge in [-0.05, 0) is 49.9 Å². The summed E-state index contributed by atoms with van der Waals surface area (Å²) in [6.07, 6.45) is 4.23. The van der Waals surface area contributed by atoms with Gasteiger partial charge in [0.25, 0.3) is 0 Å². The zero-order valence-electron chi connectivity index (χ0n) is 9.82. The molecule has 1 aliphatic carbocycles. The van der Waals surface area contributed by atoms with Crippen molar-refractivity contribution in [2.75, 3.05) is 6.54 Å². The topological polar surface area (TPSA) is 32.3 Å². The van der Waals surface area contributed by atoms with Crippen LogP contribution in [0, 0.1) is 5.92 Å². The number of hydrogen-bond acceptors (Lipinski definition) is 2. The SMILES string of the molecule is OC1(c2ccc(Cl)cc2)CCCC2NCCC21. The summed E-state index contributed by atoms with van der Waals surface area (Å²) in [6.45, 7) is 1.03. The number of aliphatic hydroxyl groups is 1. The molecular weight excluding hydrogens is 234 g/mol. The summed E-state index contributed by atoms with van der Waals surface area (Å²) in [5.74, 6) is 0.359. The Hall–Kier alpha value is -0.570. The molecular formula is C14H18ClNO. The highest BCUT2D eigenvalue weighted by atomic mass is 35.5. The first-order valence-electron chi connectivity index (χ1n) is 6.42. The van der Waals surface area contributed by atoms with E-state index in [4.69, 9.17) is 11.6 Å². The Morgan fingerprint density at radius 3 is 2.76 bits per heavy atom. The average Bonchev–Trinajstić information content (AvgIpc) is 2.80. The van der Waals surface area contributed by atoms with Gasteiger partial charge in [-0.2, -0.15) is 0 Å². The molecule has 2 nitrogen and oxygen atoms in total. The van der Waals surface area contributed by atoms with Crippen LogP contribution in [-0.4, -0.2) is 17.7 Å². The predicted molar refractivity (Wildman–Crippen MR) is 69.1 cm³/mol. The van der Waals surface area contributed by atoms with Gasteiger partial charge in [0.15, 0.2) is 0 Å². The molecule has 1 saturated carbocycles. The molecule has 0 spiro atoms. The van der Waals surface area contributed by atoms with E-state index in [1.165, 1.54) is 6.42 Å². The molecule has 0 aromatic heterocycles. The van der Waals surface area contributed by atoms with E-state index in [1.54, 1.807) is 0 Å². The molecule has 92 valence electrons. The van der Waals surface area contributed by atoms with Crippen molar-refractivity contribution >= 4 is 11.6 Å². The molecule has 1 aliphatic heterocycles. The molecule has 2 fully saturated rings. The molecule has 0 bridgehead atoms. The number of fused-ring (bicyclic) bond motifs is 1. The minimum atomic E-state index is -0.656. The lowest BCUT2D eigenvalue weighted by Crippen LogP contribution is -2.45. The molecule has 0 radical (unpaired) electrons. The van der Waals surface area contributed by atoms with Crippen molar-refractivity contribution in [3.63, 3.8) is 0 Å². The first-order chi connectivity index (χ1) is 8.20. The first-order valence-corrected chi connectivity index (χ1v) is 6.80. The molecule has 1 saturated heterocycles. The maximum atomic E-state index is 11.0. The van der Waals surface area contributed by atoms with Crippen molar-refractivity contribution in [1.82, 2.24) is 5.32 Å². The molecule has 3 heteroatoms. The van der Waals surface area contributed by atoms with Gasteiger partial charge >= 0.3 is 0 Å². The van der Waals surface area contributed by atoms with Gasteiger partial charge in [0.05, 0.1) is 5.60 Å². The molecule has 1 heterocycles. The largest absolute Gasteiger partial charge is 0.385 e. The highest BCUT2D eigenvalue weighted by Crippen LogP contribution is 2.45. The molecule has 17 heavy (non-hydrogen) atoms. The van der Waals surface area contributed by atoms with Crippen molar-refractivity contribution in [2.45, 2.75) is 37.3 Å². The predicted octanol–water partition coefficient (Wildman–Crippen LogP) is 2.69. The van der Waals surface area contributed by atoms with E-state index in [-0.39, 0.29) is 0 Å². The molecule has 2 N–H and O–H groups in total. The van der Waals surface area contributed by atoms with Crippen LogP contribution in [0.5, 0.6) is 0 Å².